The van der Waals surface area contributed by atoms with Crippen LogP contribution in [-0.4, -0.2) is 56.4 Å². The van der Waals surface area contributed by atoms with E-state index in [4.69, 9.17) is 4.74 Å². The van der Waals surface area contributed by atoms with Crippen LogP contribution in [0.2, 0.25) is 0 Å². The zero-order valence-electron chi connectivity index (χ0n) is 17.9. The fourth-order valence-corrected chi connectivity index (χ4v) is 4.42. The van der Waals surface area contributed by atoms with Gasteiger partial charge in [-0.05, 0) is 43.2 Å². The molecule has 0 aromatic carbocycles. The molecule has 1 aromatic heterocycles. The number of rotatable bonds is 4. The number of nitrogens with one attached hydrogen (secondary N) is 2. The molecule has 0 radical (unpaired) electrons. The molecule has 28 heavy (non-hydrogen) atoms. The smallest absolute Gasteiger partial charge is 0.191 e. The summed E-state index contributed by atoms with van der Waals surface area (Å²) in [6.07, 6.45) is 6.72. The quantitative estimate of drug-likeness (QED) is 0.614. The molecule has 0 spiro atoms. The molecule has 2 aliphatic rings. The topological polar surface area (TPSA) is 61.8 Å². The van der Waals surface area contributed by atoms with Crippen LogP contribution in [0, 0.1) is 11.3 Å². The van der Waals surface area contributed by atoms with Crippen molar-refractivity contribution in [2.45, 2.75) is 58.6 Å². The van der Waals surface area contributed by atoms with E-state index in [0.717, 1.165) is 57.3 Å². The van der Waals surface area contributed by atoms with Gasteiger partial charge in [-0.15, -0.1) is 0 Å². The van der Waals surface area contributed by atoms with E-state index in [-0.39, 0.29) is 5.41 Å². The molecule has 6 heteroatoms. The van der Waals surface area contributed by atoms with E-state index >= 15 is 0 Å². The first kappa shape index (κ1) is 20.9. The number of aromatic nitrogens is 1. The summed E-state index contributed by atoms with van der Waals surface area (Å²) in [6, 6.07) is 6.56. The molecule has 0 bridgehead atoms. The minimum absolute atomic E-state index is 0.169. The third-order valence-electron chi connectivity index (χ3n) is 5.86. The Bertz CT molecular complexity index is 620. The Balaban J connectivity index is 1.46. The van der Waals surface area contributed by atoms with Crippen molar-refractivity contribution < 1.29 is 4.74 Å². The predicted octanol–water partition coefficient (Wildman–Crippen LogP) is 3.06. The molecule has 1 aromatic rings. The van der Waals surface area contributed by atoms with Gasteiger partial charge in [-0.2, -0.15) is 0 Å². The molecule has 156 valence electrons. The van der Waals surface area contributed by atoms with Crippen molar-refractivity contribution in [1.82, 2.24) is 15.6 Å². The second-order valence-electron chi connectivity index (χ2n) is 9.11. The molecular weight excluding hydrogens is 350 g/mol. The molecule has 2 fully saturated rings. The lowest BCUT2D eigenvalue weighted by Gasteiger charge is -2.40. The van der Waals surface area contributed by atoms with Gasteiger partial charge in [0.25, 0.3) is 0 Å². The second-order valence-corrected chi connectivity index (χ2v) is 9.11. The van der Waals surface area contributed by atoms with Crippen molar-refractivity contribution >= 4 is 11.8 Å². The number of hydrogen-bond acceptors (Lipinski definition) is 4. The molecular formula is C22H37N5O. The molecule has 2 saturated heterocycles. The predicted molar refractivity (Wildman–Crippen MR) is 116 cm³/mol. The Kier molecular flexibility index (Phi) is 7.16. The van der Waals surface area contributed by atoms with E-state index in [1.807, 2.05) is 19.3 Å². The standard InChI is InChI=1S/C22H37N5O/c1-22(2,3)20-17(8-7-15-28-20)16-25-21(23-4)26-18-10-13-27(14-11-18)19-9-5-6-12-24-19/h5-6,9,12,17-18,20H,7-8,10-11,13-16H2,1-4H3,(H2,23,25,26). The summed E-state index contributed by atoms with van der Waals surface area (Å²) >= 11 is 0. The van der Waals surface area contributed by atoms with Crippen LogP contribution in [-0.2, 0) is 4.74 Å². The van der Waals surface area contributed by atoms with Crippen LogP contribution in [0.1, 0.15) is 46.5 Å². The van der Waals surface area contributed by atoms with Crippen molar-refractivity contribution in [2.24, 2.45) is 16.3 Å². The molecule has 0 saturated carbocycles. The van der Waals surface area contributed by atoms with Crippen LogP contribution in [0.25, 0.3) is 0 Å². The number of anilines is 1. The molecule has 0 amide bonds. The SMILES string of the molecule is CN=C(NCC1CCCOC1C(C)(C)C)NC1CCN(c2ccccn2)CC1. The fraction of sp³-hybridized carbons (Fsp3) is 0.727. The lowest BCUT2D eigenvalue weighted by molar-refractivity contribution is -0.0835. The van der Waals surface area contributed by atoms with Crippen LogP contribution in [0.5, 0.6) is 0 Å². The van der Waals surface area contributed by atoms with Gasteiger partial charge >= 0.3 is 0 Å². The maximum Gasteiger partial charge on any atom is 0.191 e. The first-order valence-electron chi connectivity index (χ1n) is 10.7. The van der Waals surface area contributed by atoms with Crippen LogP contribution in [0.3, 0.4) is 0 Å². The summed E-state index contributed by atoms with van der Waals surface area (Å²) in [7, 11) is 1.86. The van der Waals surface area contributed by atoms with E-state index in [1.165, 1.54) is 6.42 Å². The number of hydrogen-bond donors (Lipinski definition) is 2. The van der Waals surface area contributed by atoms with Gasteiger partial charge in [0, 0.05) is 51.4 Å². The molecule has 3 heterocycles. The Morgan fingerprint density at radius 3 is 2.68 bits per heavy atom. The van der Waals surface area contributed by atoms with E-state index in [0.29, 0.717) is 18.1 Å². The largest absolute Gasteiger partial charge is 0.377 e. The average molecular weight is 388 g/mol. The van der Waals surface area contributed by atoms with Crippen molar-refractivity contribution in [3.8, 4) is 0 Å². The number of nitrogens with zero attached hydrogens (tertiary/aromatic N) is 3. The molecule has 2 atom stereocenters. The number of guanidine groups is 1. The maximum absolute atomic E-state index is 6.11. The van der Waals surface area contributed by atoms with Gasteiger partial charge < -0.3 is 20.3 Å². The highest BCUT2D eigenvalue weighted by Crippen LogP contribution is 2.33. The monoisotopic (exact) mass is 387 g/mol. The highest BCUT2D eigenvalue weighted by molar-refractivity contribution is 5.80. The number of piperidine rings is 1. The van der Waals surface area contributed by atoms with Crippen molar-refractivity contribution in [1.29, 1.82) is 0 Å². The second kappa shape index (κ2) is 9.59. The summed E-state index contributed by atoms with van der Waals surface area (Å²) in [5, 5.41) is 7.19. The molecule has 2 aliphatic heterocycles. The lowest BCUT2D eigenvalue weighted by atomic mass is 9.78. The maximum atomic E-state index is 6.11. The summed E-state index contributed by atoms with van der Waals surface area (Å²) in [5.74, 6) is 2.52. The summed E-state index contributed by atoms with van der Waals surface area (Å²) in [5.41, 5.74) is 0.169. The fourth-order valence-electron chi connectivity index (χ4n) is 4.42. The van der Waals surface area contributed by atoms with E-state index in [9.17, 15) is 0 Å². The Hall–Kier alpha value is -1.82. The van der Waals surface area contributed by atoms with Gasteiger partial charge in [0.05, 0.1) is 6.10 Å². The molecule has 2 N–H and O–H groups in total. The average Bonchev–Trinajstić information content (AvgIpc) is 2.72. The van der Waals surface area contributed by atoms with Gasteiger partial charge in [0.1, 0.15) is 5.82 Å². The molecule has 3 rings (SSSR count). The normalized spacial score (nSPS) is 24.9. The molecule has 2 unspecified atom stereocenters. The number of aliphatic imine (C=N–C) groups is 1. The van der Waals surface area contributed by atoms with Gasteiger partial charge in [-0.1, -0.05) is 26.8 Å². The Labute approximate surface area is 170 Å². The van der Waals surface area contributed by atoms with E-state index in [1.54, 1.807) is 0 Å². The highest BCUT2D eigenvalue weighted by Gasteiger charge is 2.35. The van der Waals surface area contributed by atoms with Crippen molar-refractivity contribution in [3.63, 3.8) is 0 Å². The summed E-state index contributed by atoms with van der Waals surface area (Å²) in [4.78, 5) is 11.3. The van der Waals surface area contributed by atoms with Crippen molar-refractivity contribution in [3.05, 3.63) is 24.4 Å². The van der Waals surface area contributed by atoms with Gasteiger partial charge in [0.2, 0.25) is 0 Å². The minimum Gasteiger partial charge on any atom is -0.377 e. The summed E-state index contributed by atoms with van der Waals surface area (Å²) in [6.45, 7) is 10.7. The van der Waals surface area contributed by atoms with E-state index in [2.05, 4.69) is 58.4 Å². The van der Waals surface area contributed by atoms with Crippen LogP contribution in [0.15, 0.2) is 29.4 Å². The first-order chi connectivity index (χ1) is 13.5. The highest BCUT2D eigenvalue weighted by atomic mass is 16.5. The van der Waals surface area contributed by atoms with Crippen molar-refractivity contribution in [2.75, 3.05) is 38.2 Å². The third-order valence-corrected chi connectivity index (χ3v) is 5.86. The van der Waals surface area contributed by atoms with Gasteiger partial charge in [-0.25, -0.2) is 4.98 Å². The van der Waals surface area contributed by atoms with E-state index < -0.39 is 0 Å². The molecule has 0 aliphatic carbocycles. The van der Waals surface area contributed by atoms with Crippen LogP contribution >= 0.6 is 0 Å². The van der Waals surface area contributed by atoms with Crippen LogP contribution in [0.4, 0.5) is 5.82 Å². The first-order valence-corrected chi connectivity index (χ1v) is 10.7. The third kappa shape index (κ3) is 5.60. The number of pyridine rings is 1. The van der Waals surface area contributed by atoms with Crippen LogP contribution < -0.4 is 15.5 Å². The zero-order chi connectivity index (χ0) is 20.0. The zero-order valence-corrected chi connectivity index (χ0v) is 17.9. The van der Waals surface area contributed by atoms with Gasteiger partial charge in [-0.3, -0.25) is 4.99 Å². The Morgan fingerprint density at radius 1 is 1.25 bits per heavy atom. The summed E-state index contributed by atoms with van der Waals surface area (Å²) < 4.78 is 6.11. The Morgan fingerprint density at radius 2 is 2.04 bits per heavy atom. The lowest BCUT2D eigenvalue weighted by Crippen LogP contribution is -2.51. The van der Waals surface area contributed by atoms with Gasteiger partial charge in [0.15, 0.2) is 5.96 Å². The number of ether oxygens (including phenoxy) is 1. The molecule has 6 nitrogen and oxygen atoms in total. The minimum atomic E-state index is 0.169.